The number of rotatable bonds is 7. The van der Waals surface area contributed by atoms with Gasteiger partial charge in [-0.15, -0.1) is 0 Å². The Morgan fingerprint density at radius 1 is 1.30 bits per heavy atom. The first kappa shape index (κ1) is 21.1. The molecule has 0 amide bonds. The van der Waals surface area contributed by atoms with Gasteiger partial charge in [-0.1, -0.05) is 24.8 Å². The predicted molar refractivity (Wildman–Crippen MR) is 109 cm³/mol. The summed E-state index contributed by atoms with van der Waals surface area (Å²) in [6, 6.07) is 7.58. The van der Waals surface area contributed by atoms with Crippen molar-refractivity contribution in [2.75, 3.05) is 7.11 Å². The van der Waals surface area contributed by atoms with Crippen molar-refractivity contribution in [3.05, 3.63) is 77.4 Å². The van der Waals surface area contributed by atoms with E-state index in [2.05, 4.69) is 21.7 Å². The van der Waals surface area contributed by atoms with Crippen molar-refractivity contribution in [2.24, 2.45) is 16.5 Å². The Bertz CT molecular complexity index is 1160. The van der Waals surface area contributed by atoms with Crippen molar-refractivity contribution in [2.45, 2.75) is 13.5 Å². The number of pyridine rings is 1. The van der Waals surface area contributed by atoms with Crippen LogP contribution in [0.15, 0.2) is 59.5 Å². The average Bonchev–Trinajstić information content (AvgIpc) is 3.05. The number of fused-ring (bicyclic) bond motifs is 1. The van der Waals surface area contributed by atoms with Gasteiger partial charge in [-0.2, -0.15) is 10.6 Å². The van der Waals surface area contributed by atoms with Crippen molar-refractivity contribution >= 4 is 22.6 Å². The summed E-state index contributed by atoms with van der Waals surface area (Å²) in [5, 5.41) is 4.81. The zero-order valence-electron chi connectivity index (χ0n) is 16.6. The first-order valence-corrected chi connectivity index (χ1v) is 8.93. The van der Waals surface area contributed by atoms with E-state index in [-0.39, 0.29) is 29.6 Å². The molecule has 0 unspecified atom stereocenters. The van der Waals surface area contributed by atoms with Crippen LogP contribution < -0.4 is 16.9 Å². The summed E-state index contributed by atoms with van der Waals surface area (Å²) < 4.78 is 29.5. The smallest absolute Gasteiger partial charge is 0.223 e. The number of nitrogens with two attached hydrogens (primary N) is 3. The van der Waals surface area contributed by atoms with Crippen molar-refractivity contribution in [1.29, 1.82) is 0 Å². The van der Waals surface area contributed by atoms with Crippen LogP contribution in [0.25, 0.3) is 16.7 Å². The highest BCUT2D eigenvalue weighted by molar-refractivity contribution is 5.99. The molecule has 0 spiro atoms. The minimum Gasteiger partial charge on any atom is -0.397 e. The first-order valence-electron chi connectivity index (χ1n) is 8.93. The monoisotopic (exact) mass is 414 g/mol. The van der Waals surface area contributed by atoms with E-state index in [1.54, 1.807) is 25.1 Å². The van der Waals surface area contributed by atoms with Crippen LogP contribution in [0, 0.1) is 11.6 Å². The molecule has 8 nitrogen and oxygen atoms in total. The molecule has 0 atom stereocenters. The topological polar surface area (TPSA) is 121 Å². The van der Waals surface area contributed by atoms with Crippen LogP contribution in [0.4, 0.5) is 8.78 Å². The van der Waals surface area contributed by atoms with Crippen LogP contribution in [0.2, 0.25) is 0 Å². The molecule has 0 saturated heterocycles. The second-order valence-corrected chi connectivity index (χ2v) is 6.52. The Hall–Kier alpha value is -3.63. The van der Waals surface area contributed by atoms with Crippen molar-refractivity contribution in [3.8, 4) is 0 Å². The maximum absolute atomic E-state index is 14.1. The highest BCUT2D eigenvalue weighted by atomic mass is 19.1. The molecule has 156 valence electrons. The molecule has 3 aromatic rings. The minimum atomic E-state index is -0.551. The average molecular weight is 414 g/mol. The van der Waals surface area contributed by atoms with Gasteiger partial charge in [-0.25, -0.2) is 28.3 Å². The van der Waals surface area contributed by atoms with Crippen molar-refractivity contribution < 1.29 is 19.1 Å². The third-order valence-electron chi connectivity index (χ3n) is 4.30. The molecule has 30 heavy (non-hydrogen) atoms. The summed E-state index contributed by atoms with van der Waals surface area (Å²) in [6.45, 7) is 5.64. The fraction of sp³-hybridized carbons (Fsp3) is 0.150. The zero-order chi connectivity index (χ0) is 21.8. The fourth-order valence-corrected chi connectivity index (χ4v) is 2.88. The van der Waals surface area contributed by atoms with Gasteiger partial charge >= 0.3 is 0 Å². The molecular formula is C20H22F2N7O+. The molecule has 2 heterocycles. The number of aliphatic imine (C=N–C) groups is 1. The van der Waals surface area contributed by atoms with Crippen LogP contribution in [0.3, 0.4) is 0 Å². The molecule has 0 fully saturated rings. The molecule has 0 bridgehead atoms. The van der Waals surface area contributed by atoms with Crippen molar-refractivity contribution in [1.82, 2.24) is 14.8 Å². The van der Waals surface area contributed by atoms with Gasteiger partial charge in [0.2, 0.25) is 5.70 Å². The Morgan fingerprint density at radius 2 is 2.03 bits per heavy atom. The lowest BCUT2D eigenvalue weighted by molar-refractivity contribution is -0.850. The normalized spacial score (nSPS) is 12.9. The third kappa shape index (κ3) is 4.34. The van der Waals surface area contributed by atoms with Crippen molar-refractivity contribution in [3.63, 3.8) is 0 Å². The van der Waals surface area contributed by atoms with E-state index >= 15 is 0 Å². The maximum atomic E-state index is 14.1. The molecule has 6 N–H and O–H groups in total. The van der Waals surface area contributed by atoms with Gasteiger partial charge in [0.15, 0.2) is 11.5 Å². The van der Waals surface area contributed by atoms with E-state index in [0.29, 0.717) is 28.0 Å². The van der Waals surface area contributed by atoms with Crippen LogP contribution in [0.1, 0.15) is 18.2 Å². The first-order chi connectivity index (χ1) is 14.3. The summed E-state index contributed by atoms with van der Waals surface area (Å²) >= 11 is 0. The Kier molecular flexibility index (Phi) is 6.19. The van der Waals surface area contributed by atoms with Gasteiger partial charge in [-0.3, -0.25) is 0 Å². The van der Waals surface area contributed by atoms with Crippen LogP contribution in [0.5, 0.6) is 0 Å². The quantitative estimate of drug-likeness (QED) is 0.307. The number of aromatic nitrogens is 3. The lowest BCUT2D eigenvalue weighted by atomic mass is 10.2. The van der Waals surface area contributed by atoms with E-state index in [1.165, 1.54) is 29.4 Å². The summed E-state index contributed by atoms with van der Waals surface area (Å²) in [6.07, 6.45) is 1.07. The van der Waals surface area contributed by atoms with E-state index in [4.69, 9.17) is 16.3 Å². The molecule has 0 saturated carbocycles. The molecule has 2 aromatic heterocycles. The number of benzene rings is 1. The van der Waals surface area contributed by atoms with E-state index in [0.717, 1.165) is 6.20 Å². The second kappa shape index (κ2) is 8.80. The zero-order valence-corrected chi connectivity index (χ0v) is 16.6. The van der Waals surface area contributed by atoms with E-state index in [1.807, 2.05) is 0 Å². The predicted octanol–water partition coefficient (Wildman–Crippen LogP) is 1.40. The van der Waals surface area contributed by atoms with Gasteiger partial charge in [0.05, 0.1) is 36.6 Å². The lowest BCUT2D eigenvalue weighted by Crippen LogP contribution is -2.83. The van der Waals surface area contributed by atoms with Crippen LogP contribution in [-0.4, -0.2) is 27.7 Å². The summed E-state index contributed by atoms with van der Waals surface area (Å²) in [7, 11) is 1.46. The number of hydroxylamine groups is 1. The standard InChI is InChI=1S/C20H21F2N7O/c1-11(23)17(28-30-3)19(24)26-12(2)18-15-8-14(21)9-25-20(15)29(27-18)10-13-6-4-5-7-16(13)22/h4-9,28H,2,10,23H2,1,3H3,(H2,24,26)/p+1/b17-11-. The van der Waals surface area contributed by atoms with E-state index in [9.17, 15) is 8.78 Å². The van der Waals surface area contributed by atoms with Crippen LogP contribution in [-0.2, 0) is 11.4 Å². The number of quaternary nitrogens is 1. The molecule has 3 rings (SSSR count). The van der Waals surface area contributed by atoms with Gasteiger partial charge in [0, 0.05) is 5.56 Å². The SMILES string of the molecule is C=C(N=C(N)/C([NH2+]OC)=C(\C)N)c1nn(Cc2ccccc2F)c2ncc(F)cc12. The van der Waals surface area contributed by atoms with Gasteiger partial charge in [0.1, 0.15) is 17.3 Å². The lowest BCUT2D eigenvalue weighted by Gasteiger charge is -2.05. The highest BCUT2D eigenvalue weighted by Gasteiger charge is 2.18. The maximum Gasteiger partial charge on any atom is 0.223 e. The minimum absolute atomic E-state index is 0.0583. The fourth-order valence-electron chi connectivity index (χ4n) is 2.88. The number of allylic oxidation sites excluding steroid dienone is 1. The summed E-state index contributed by atoms with van der Waals surface area (Å²) in [5.41, 5.74) is 15.2. The molecule has 10 heteroatoms. The Morgan fingerprint density at radius 3 is 2.70 bits per heavy atom. The largest absolute Gasteiger partial charge is 0.397 e. The second-order valence-electron chi connectivity index (χ2n) is 6.52. The summed E-state index contributed by atoms with van der Waals surface area (Å²) in [4.78, 5) is 13.3. The molecule has 0 radical (unpaired) electrons. The summed E-state index contributed by atoms with van der Waals surface area (Å²) in [5.74, 6) is -0.873. The number of halogens is 2. The molecule has 1 aromatic carbocycles. The van der Waals surface area contributed by atoms with Gasteiger partial charge in [-0.05, 0) is 19.1 Å². The number of nitrogens with zero attached hydrogens (tertiary/aromatic N) is 4. The highest BCUT2D eigenvalue weighted by Crippen LogP contribution is 2.25. The number of hydrogen-bond donors (Lipinski definition) is 3. The molecular weight excluding hydrogens is 392 g/mol. The molecule has 0 aliphatic heterocycles. The van der Waals surface area contributed by atoms with E-state index < -0.39 is 5.82 Å². The number of amidine groups is 1. The Balaban J connectivity index is 2.07. The number of hydrogen-bond acceptors (Lipinski definition) is 5. The molecule has 0 aliphatic carbocycles. The van der Waals surface area contributed by atoms with Gasteiger partial charge in [0.25, 0.3) is 0 Å². The molecule has 0 aliphatic rings. The van der Waals surface area contributed by atoms with Crippen LogP contribution >= 0.6 is 0 Å². The third-order valence-corrected chi connectivity index (χ3v) is 4.30. The Labute approximate surface area is 171 Å². The van der Waals surface area contributed by atoms with Gasteiger partial charge < -0.3 is 11.5 Å².